The highest BCUT2D eigenvalue weighted by Gasteiger charge is 2.15. The number of hydrogen-bond donors (Lipinski definition) is 3. The van der Waals surface area contributed by atoms with Crippen molar-refractivity contribution in [2.24, 2.45) is 0 Å². The number of amides is 1. The molecular weight excluding hydrogens is 308 g/mol. The number of nitrogen functional groups attached to an aromatic ring is 1. The van der Waals surface area contributed by atoms with Crippen molar-refractivity contribution in [3.8, 4) is 0 Å². The van der Waals surface area contributed by atoms with Crippen LogP contribution in [0.4, 0.5) is 11.4 Å². The topological polar surface area (TPSA) is 83.8 Å². The van der Waals surface area contributed by atoms with Crippen LogP contribution in [-0.4, -0.2) is 16.1 Å². The normalized spacial score (nSPS) is 10.5. The van der Waals surface area contributed by atoms with Gasteiger partial charge in [-0.05, 0) is 44.0 Å². The molecule has 19 heavy (non-hydrogen) atoms. The van der Waals surface area contributed by atoms with Gasteiger partial charge in [-0.15, -0.1) is 0 Å². The molecule has 5 nitrogen and oxygen atoms in total. The van der Waals surface area contributed by atoms with Crippen LogP contribution in [0.15, 0.2) is 16.6 Å². The number of benzene rings is 1. The van der Waals surface area contributed by atoms with Gasteiger partial charge in [-0.3, -0.25) is 9.89 Å². The fourth-order valence-corrected chi connectivity index (χ4v) is 2.05. The number of aromatic amines is 1. The Morgan fingerprint density at radius 1 is 1.32 bits per heavy atom. The van der Waals surface area contributed by atoms with Crippen LogP contribution in [0.5, 0.6) is 0 Å². The molecule has 0 aliphatic rings. The van der Waals surface area contributed by atoms with E-state index in [1.54, 1.807) is 6.92 Å². The molecule has 0 spiro atoms. The van der Waals surface area contributed by atoms with Gasteiger partial charge in [0, 0.05) is 10.2 Å². The molecule has 1 amide bonds. The first-order valence-corrected chi connectivity index (χ1v) is 6.58. The Kier molecular flexibility index (Phi) is 3.61. The van der Waals surface area contributed by atoms with Gasteiger partial charge in [-0.2, -0.15) is 5.10 Å². The van der Waals surface area contributed by atoms with Gasteiger partial charge in [0.1, 0.15) is 0 Å². The van der Waals surface area contributed by atoms with Crippen LogP contribution in [0.1, 0.15) is 27.3 Å². The number of nitrogens with two attached hydrogens (primary N) is 1. The predicted octanol–water partition coefficient (Wildman–Crippen LogP) is 2.93. The first-order chi connectivity index (χ1) is 8.90. The number of anilines is 2. The van der Waals surface area contributed by atoms with Crippen molar-refractivity contribution in [2.45, 2.75) is 20.8 Å². The molecule has 0 atom stereocenters. The van der Waals surface area contributed by atoms with Gasteiger partial charge in [0.05, 0.1) is 11.4 Å². The summed E-state index contributed by atoms with van der Waals surface area (Å²) in [6.07, 6.45) is 0. The van der Waals surface area contributed by atoms with Crippen molar-refractivity contribution in [2.75, 3.05) is 11.1 Å². The maximum atomic E-state index is 12.1. The highest BCUT2D eigenvalue weighted by atomic mass is 79.9. The van der Waals surface area contributed by atoms with Crippen molar-refractivity contribution in [1.29, 1.82) is 0 Å². The van der Waals surface area contributed by atoms with Crippen LogP contribution in [0.2, 0.25) is 0 Å². The zero-order chi connectivity index (χ0) is 14.2. The second kappa shape index (κ2) is 5.05. The third-order valence-corrected chi connectivity index (χ3v) is 4.15. The minimum absolute atomic E-state index is 0.218. The Labute approximate surface area is 119 Å². The summed E-state index contributed by atoms with van der Waals surface area (Å²) in [4.78, 5) is 12.1. The van der Waals surface area contributed by atoms with Gasteiger partial charge in [-0.1, -0.05) is 15.9 Å². The van der Waals surface area contributed by atoms with E-state index in [0.717, 1.165) is 21.3 Å². The fraction of sp³-hybridized carbons (Fsp3) is 0.231. The van der Waals surface area contributed by atoms with E-state index in [4.69, 9.17) is 5.73 Å². The number of aromatic nitrogens is 2. The number of hydrogen-bond acceptors (Lipinski definition) is 3. The first kappa shape index (κ1) is 13.6. The van der Waals surface area contributed by atoms with Crippen molar-refractivity contribution < 1.29 is 4.79 Å². The number of carbonyl (C=O) groups is 1. The van der Waals surface area contributed by atoms with Crippen molar-refractivity contribution in [3.05, 3.63) is 39.1 Å². The third-order valence-electron chi connectivity index (χ3n) is 2.90. The highest BCUT2D eigenvalue weighted by Crippen LogP contribution is 2.25. The zero-order valence-electron chi connectivity index (χ0n) is 11.0. The van der Waals surface area contributed by atoms with Crippen molar-refractivity contribution >= 4 is 33.2 Å². The average Bonchev–Trinajstić information content (AvgIpc) is 2.67. The summed E-state index contributed by atoms with van der Waals surface area (Å²) in [6, 6.07) is 3.79. The second-order valence-electron chi connectivity index (χ2n) is 4.49. The molecule has 0 saturated heterocycles. The number of aryl methyl sites for hydroxylation is 3. The molecule has 0 saturated carbocycles. The minimum Gasteiger partial charge on any atom is -0.395 e. The quantitative estimate of drug-likeness (QED) is 0.794. The number of H-pyrrole nitrogens is 1. The van der Waals surface area contributed by atoms with E-state index in [1.807, 2.05) is 26.0 Å². The molecular formula is C13H15BrN4O. The third kappa shape index (κ3) is 2.63. The molecule has 1 aromatic carbocycles. The summed E-state index contributed by atoms with van der Waals surface area (Å²) < 4.78 is 1.04. The lowest BCUT2D eigenvalue weighted by Gasteiger charge is -2.09. The van der Waals surface area contributed by atoms with E-state index in [-0.39, 0.29) is 11.6 Å². The molecule has 0 fully saturated rings. The van der Waals surface area contributed by atoms with Crippen LogP contribution in [0, 0.1) is 20.8 Å². The van der Waals surface area contributed by atoms with E-state index >= 15 is 0 Å². The lowest BCUT2D eigenvalue weighted by molar-refractivity contribution is 0.102. The van der Waals surface area contributed by atoms with Crippen LogP contribution < -0.4 is 11.1 Å². The van der Waals surface area contributed by atoms with Gasteiger partial charge in [0.25, 0.3) is 5.91 Å². The van der Waals surface area contributed by atoms with Crippen molar-refractivity contribution in [3.63, 3.8) is 0 Å². The number of rotatable bonds is 2. The van der Waals surface area contributed by atoms with E-state index in [0.29, 0.717) is 11.4 Å². The Morgan fingerprint density at radius 2 is 1.89 bits per heavy atom. The van der Waals surface area contributed by atoms with E-state index in [9.17, 15) is 4.79 Å². The molecule has 0 aliphatic carbocycles. The Morgan fingerprint density at radius 3 is 2.37 bits per heavy atom. The zero-order valence-corrected chi connectivity index (χ0v) is 12.6. The molecule has 2 aromatic rings. The lowest BCUT2D eigenvalue weighted by Crippen LogP contribution is -2.14. The molecule has 100 valence electrons. The maximum Gasteiger partial charge on any atom is 0.278 e. The van der Waals surface area contributed by atoms with Crippen LogP contribution >= 0.6 is 15.9 Å². The van der Waals surface area contributed by atoms with E-state index in [1.165, 1.54) is 0 Å². The number of carbonyl (C=O) groups excluding carboxylic acids is 1. The van der Waals surface area contributed by atoms with Gasteiger partial charge in [0.15, 0.2) is 5.69 Å². The molecule has 0 unspecified atom stereocenters. The smallest absolute Gasteiger partial charge is 0.278 e. The summed E-state index contributed by atoms with van der Waals surface area (Å²) in [5, 5.41) is 9.39. The Bertz CT molecular complexity index is 625. The summed E-state index contributed by atoms with van der Waals surface area (Å²) in [5.41, 5.74) is 9.90. The van der Waals surface area contributed by atoms with E-state index < -0.39 is 0 Å². The molecule has 1 aromatic heterocycles. The maximum absolute atomic E-state index is 12.1. The summed E-state index contributed by atoms with van der Waals surface area (Å²) in [6.45, 7) is 5.71. The summed E-state index contributed by atoms with van der Waals surface area (Å²) >= 11 is 3.49. The molecule has 0 radical (unpaired) electrons. The first-order valence-electron chi connectivity index (χ1n) is 5.78. The Hall–Kier alpha value is -1.82. The van der Waals surface area contributed by atoms with Crippen molar-refractivity contribution in [1.82, 2.24) is 10.2 Å². The van der Waals surface area contributed by atoms with Gasteiger partial charge in [0.2, 0.25) is 0 Å². The fourth-order valence-electron chi connectivity index (χ4n) is 1.82. The monoisotopic (exact) mass is 322 g/mol. The van der Waals surface area contributed by atoms with Crippen LogP contribution in [-0.2, 0) is 0 Å². The number of halogens is 1. The lowest BCUT2D eigenvalue weighted by atomic mass is 10.1. The molecule has 0 aliphatic heterocycles. The molecule has 6 heteroatoms. The Balaban J connectivity index is 2.27. The summed E-state index contributed by atoms with van der Waals surface area (Å²) in [5.74, 6) is -0.317. The number of nitrogens with one attached hydrogen (secondary N) is 2. The molecule has 0 bridgehead atoms. The summed E-state index contributed by atoms with van der Waals surface area (Å²) in [7, 11) is 0. The van der Waals surface area contributed by atoms with Gasteiger partial charge in [-0.25, -0.2) is 0 Å². The minimum atomic E-state index is -0.317. The molecule has 2 rings (SSSR count). The largest absolute Gasteiger partial charge is 0.395 e. The SMILES string of the molecule is Cc1cc(NC(=O)c2n[nH]c(C)c2N)cc(C)c1Br. The van der Waals surface area contributed by atoms with Crippen LogP contribution in [0.25, 0.3) is 0 Å². The molecule has 4 N–H and O–H groups in total. The second-order valence-corrected chi connectivity index (χ2v) is 5.28. The van der Waals surface area contributed by atoms with Gasteiger partial charge >= 0.3 is 0 Å². The predicted molar refractivity (Wildman–Crippen MR) is 79.3 cm³/mol. The number of nitrogens with zero attached hydrogens (tertiary/aromatic N) is 1. The standard InChI is InChI=1S/C13H15BrN4O/c1-6-4-9(5-7(2)10(6)14)16-13(19)12-11(15)8(3)17-18-12/h4-5H,15H2,1-3H3,(H,16,19)(H,17,18). The molecule has 1 heterocycles. The average molecular weight is 323 g/mol. The highest BCUT2D eigenvalue weighted by molar-refractivity contribution is 9.10. The van der Waals surface area contributed by atoms with Gasteiger partial charge < -0.3 is 11.1 Å². The van der Waals surface area contributed by atoms with Crippen LogP contribution in [0.3, 0.4) is 0 Å². The van der Waals surface area contributed by atoms with E-state index in [2.05, 4.69) is 31.4 Å².